The summed E-state index contributed by atoms with van der Waals surface area (Å²) in [6.45, 7) is 3.90. The van der Waals surface area contributed by atoms with Crippen LogP contribution in [0.4, 0.5) is 5.82 Å². The number of hydrogen-bond acceptors (Lipinski definition) is 4. The zero-order valence-corrected chi connectivity index (χ0v) is 11.7. The Morgan fingerprint density at radius 2 is 2.37 bits per heavy atom. The molecular formula is C12H16N4O2S. The fraction of sp³-hybridized carbons (Fsp3) is 0.417. The molecule has 7 heteroatoms. The van der Waals surface area contributed by atoms with Crippen molar-refractivity contribution in [3.8, 4) is 0 Å². The molecule has 2 heterocycles. The molecule has 102 valence electrons. The van der Waals surface area contributed by atoms with Gasteiger partial charge in [0.15, 0.2) is 5.82 Å². The number of carbonyl (C=O) groups is 1. The molecule has 0 unspecified atom stereocenters. The van der Waals surface area contributed by atoms with Gasteiger partial charge < -0.3 is 5.32 Å². The summed E-state index contributed by atoms with van der Waals surface area (Å²) in [6, 6.07) is 1.81. The van der Waals surface area contributed by atoms with E-state index in [1.807, 2.05) is 6.07 Å². The lowest BCUT2D eigenvalue weighted by Crippen LogP contribution is -2.25. The fourth-order valence-electron chi connectivity index (χ4n) is 1.75. The molecule has 0 bridgehead atoms. The van der Waals surface area contributed by atoms with E-state index >= 15 is 0 Å². The fourth-order valence-corrected chi connectivity index (χ4v) is 2.48. The number of rotatable bonds is 5. The first-order valence-corrected chi connectivity index (χ1v) is 6.97. The van der Waals surface area contributed by atoms with E-state index in [1.54, 1.807) is 12.3 Å². The van der Waals surface area contributed by atoms with E-state index in [9.17, 15) is 9.59 Å². The lowest BCUT2D eigenvalue weighted by molar-refractivity contribution is -0.116. The molecule has 0 atom stereocenters. The Hall–Kier alpha value is -1.89. The van der Waals surface area contributed by atoms with Crippen LogP contribution >= 0.6 is 11.3 Å². The Bertz CT molecular complexity index is 626. The number of nitrogens with zero attached hydrogens (tertiary/aromatic N) is 2. The topological polar surface area (TPSA) is 79.8 Å². The maximum atomic E-state index is 11.8. The van der Waals surface area contributed by atoms with Crippen molar-refractivity contribution in [3.05, 3.63) is 32.5 Å². The summed E-state index contributed by atoms with van der Waals surface area (Å²) < 4.78 is 1.44. The van der Waals surface area contributed by atoms with Gasteiger partial charge in [-0.3, -0.25) is 19.3 Å². The Balaban J connectivity index is 1.99. The number of carbonyl (C=O) groups excluding carboxylic acids is 1. The quantitative estimate of drug-likeness (QED) is 0.871. The van der Waals surface area contributed by atoms with E-state index < -0.39 is 0 Å². The SMILES string of the molecule is CCCc1cc(NC(=O)Cn2c(C)csc2=O)n[nH]1. The zero-order valence-electron chi connectivity index (χ0n) is 10.9. The maximum absolute atomic E-state index is 11.8. The lowest BCUT2D eigenvalue weighted by atomic mass is 10.2. The van der Waals surface area contributed by atoms with E-state index in [0.29, 0.717) is 5.82 Å². The Morgan fingerprint density at radius 1 is 1.58 bits per heavy atom. The molecule has 2 aromatic rings. The first kappa shape index (κ1) is 13.5. The van der Waals surface area contributed by atoms with Crippen LogP contribution in [0, 0.1) is 6.92 Å². The Kier molecular flexibility index (Phi) is 4.16. The summed E-state index contributed by atoms with van der Waals surface area (Å²) in [5.74, 6) is 0.243. The molecule has 2 aromatic heterocycles. The van der Waals surface area contributed by atoms with Crippen molar-refractivity contribution in [2.45, 2.75) is 33.2 Å². The van der Waals surface area contributed by atoms with Crippen LogP contribution in [0.1, 0.15) is 24.7 Å². The summed E-state index contributed by atoms with van der Waals surface area (Å²) in [5.41, 5.74) is 1.78. The van der Waals surface area contributed by atoms with Gasteiger partial charge in [0.1, 0.15) is 6.54 Å². The van der Waals surface area contributed by atoms with Crippen molar-refractivity contribution >= 4 is 23.1 Å². The molecule has 0 spiro atoms. The minimum Gasteiger partial charge on any atom is -0.308 e. The smallest absolute Gasteiger partial charge is 0.307 e. The van der Waals surface area contributed by atoms with Crippen molar-refractivity contribution in [1.29, 1.82) is 0 Å². The van der Waals surface area contributed by atoms with Crippen LogP contribution in [0.5, 0.6) is 0 Å². The van der Waals surface area contributed by atoms with E-state index in [2.05, 4.69) is 22.4 Å². The van der Waals surface area contributed by atoms with Gasteiger partial charge in [-0.25, -0.2) is 0 Å². The van der Waals surface area contributed by atoms with Crippen LogP contribution in [-0.2, 0) is 17.8 Å². The highest BCUT2D eigenvalue weighted by atomic mass is 32.1. The second-order valence-electron chi connectivity index (χ2n) is 4.31. The van der Waals surface area contributed by atoms with Gasteiger partial charge >= 0.3 is 4.87 Å². The molecule has 0 saturated heterocycles. The standard InChI is InChI=1S/C12H16N4O2S/c1-3-4-9-5-10(15-14-9)13-11(17)6-16-8(2)7-19-12(16)18/h5,7H,3-4,6H2,1-2H3,(H2,13,14,15,17). The summed E-state index contributed by atoms with van der Waals surface area (Å²) in [5, 5.41) is 11.3. The Morgan fingerprint density at radius 3 is 3.00 bits per heavy atom. The first-order valence-electron chi connectivity index (χ1n) is 6.09. The molecule has 0 aliphatic heterocycles. The number of amides is 1. The van der Waals surface area contributed by atoms with Gasteiger partial charge in [-0.1, -0.05) is 24.7 Å². The van der Waals surface area contributed by atoms with Crippen LogP contribution in [0.15, 0.2) is 16.2 Å². The van der Waals surface area contributed by atoms with Crippen LogP contribution in [-0.4, -0.2) is 20.7 Å². The number of aromatic amines is 1. The second-order valence-corrected chi connectivity index (χ2v) is 5.13. The zero-order chi connectivity index (χ0) is 13.8. The molecule has 19 heavy (non-hydrogen) atoms. The maximum Gasteiger partial charge on any atom is 0.307 e. The third kappa shape index (κ3) is 3.31. The molecule has 2 N–H and O–H groups in total. The second kappa shape index (κ2) is 5.83. The van der Waals surface area contributed by atoms with E-state index in [-0.39, 0.29) is 17.3 Å². The number of thiazole rings is 1. The highest BCUT2D eigenvalue weighted by molar-refractivity contribution is 7.07. The molecular weight excluding hydrogens is 264 g/mol. The normalized spacial score (nSPS) is 10.6. The number of H-pyrrole nitrogens is 1. The third-order valence-corrected chi connectivity index (χ3v) is 3.58. The summed E-state index contributed by atoms with van der Waals surface area (Å²) in [4.78, 5) is 23.2. The molecule has 0 aliphatic rings. The predicted octanol–water partition coefficient (Wildman–Crippen LogP) is 1.53. The number of aryl methyl sites for hydroxylation is 2. The lowest BCUT2D eigenvalue weighted by Gasteiger charge is -2.03. The Labute approximate surface area is 114 Å². The molecule has 1 amide bonds. The molecule has 0 radical (unpaired) electrons. The number of anilines is 1. The highest BCUT2D eigenvalue weighted by Crippen LogP contribution is 2.07. The average Bonchev–Trinajstić information content (AvgIpc) is 2.91. The van der Waals surface area contributed by atoms with E-state index in [0.717, 1.165) is 35.6 Å². The van der Waals surface area contributed by atoms with Crippen molar-refractivity contribution in [2.24, 2.45) is 0 Å². The summed E-state index contributed by atoms with van der Waals surface area (Å²) >= 11 is 1.10. The summed E-state index contributed by atoms with van der Waals surface area (Å²) in [6.07, 6.45) is 1.91. The van der Waals surface area contributed by atoms with Gasteiger partial charge in [-0.2, -0.15) is 5.10 Å². The number of aromatic nitrogens is 3. The number of nitrogens with one attached hydrogen (secondary N) is 2. The molecule has 6 nitrogen and oxygen atoms in total. The van der Waals surface area contributed by atoms with E-state index in [1.165, 1.54) is 4.57 Å². The molecule has 2 rings (SSSR count). The molecule has 0 fully saturated rings. The van der Waals surface area contributed by atoms with Gasteiger partial charge in [0.25, 0.3) is 0 Å². The van der Waals surface area contributed by atoms with Crippen LogP contribution in [0.25, 0.3) is 0 Å². The monoisotopic (exact) mass is 280 g/mol. The van der Waals surface area contributed by atoms with Crippen LogP contribution in [0.3, 0.4) is 0 Å². The van der Waals surface area contributed by atoms with Gasteiger partial charge in [0.05, 0.1) is 0 Å². The van der Waals surface area contributed by atoms with Gasteiger partial charge in [-0.05, 0) is 13.3 Å². The third-order valence-electron chi connectivity index (χ3n) is 2.70. The van der Waals surface area contributed by atoms with Gasteiger partial charge in [-0.15, -0.1) is 0 Å². The van der Waals surface area contributed by atoms with Crippen molar-refractivity contribution in [2.75, 3.05) is 5.32 Å². The first-order chi connectivity index (χ1) is 9.10. The van der Waals surface area contributed by atoms with Gasteiger partial charge in [0.2, 0.25) is 5.91 Å². The average molecular weight is 280 g/mol. The molecule has 0 saturated carbocycles. The van der Waals surface area contributed by atoms with Crippen LogP contribution in [0.2, 0.25) is 0 Å². The van der Waals surface area contributed by atoms with E-state index in [4.69, 9.17) is 0 Å². The van der Waals surface area contributed by atoms with Crippen molar-refractivity contribution < 1.29 is 4.79 Å². The minimum atomic E-state index is -0.252. The highest BCUT2D eigenvalue weighted by Gasteiger charge is 2.10. The van der Waals surface area contributed by atoms with Crippen molar-refractivity contribution in [3.63, 3.8) is 0 Å². The minimum absolute atomic E-state index is 0.0180. The molecule has 0 aromatic carbocycles. The van der Waals surface area contributed by atoms with Gasteiger partial charge in [0, 0.05) is 22.8 Å². The number of hydrogen-bond donors (Lipinski definition) is 2. The largest absolute Gasteiger partial charge is 0.308 e. The molecule has 0 aliphatic carbocycles. The predicted molar refractivity (Wildman–Crippen MR) is 74.5 cm³/mol. The van der Waals surface area contributed by atoms with Crippen LogP contribution < -0.4 is 10.2 Å². The van der Waals surface area contributed by atoms with Crippen molar-refractivity contribution in [1.82, 2.24) is 14.8 Å². The summed E-state index contributed by atoms with van der Waals surface area (Å²) in [7, 11) is 0.